The van der Waals surface area contributed by atoms with E-state index in [9.17, 15) is 0 Å². The standard InChI is InChI=1S/C20H25N7O.ClH/c21-16-2-1-14(9-16)15-10-18(20-23-13-24-27(20)12-15)25-19-4-3-17(11-22-19)26-5-7-28-8-6-26;/h3-4,10-14,16H,1-2,5-9,21H2,(H,22,25);1H. The Morgan fingerprint density at radius 3 is 2.72 bits per heavy atom. The Balaban J connectivity index is 0.00000205. The summed E-state index contributed by atoms with van der Waals surface area (Å²) in [5.41, 5.74) is 10.2. The van der Waals surface area contributed by atoms with Crippen molar-refractivity contribution in [2.24, 2.45) is 5.73 Å². The van der Waals surface area contributed by atoms with Gasteiger partial charge in [-0.25, -0.2) is 14.5 Å². The number of pyridine rings is 2. The van der Waals surface area contributed by atoms with E-state index in [4.69, 9.17) is 10.5 Å². The van der Waals surface area contributed by atoms with Gasteiger partial charge in [-0.15, -0.1) is 12.4 Å². The summed E-state index contributed by atoms with van der Waals surface area (Å²) in [6.07, 6.45) is 8.78. The van der Waals surface area contributed by atoms with Crippen molar-refractivity contribution in [1.29, 1.82) is 0 Å². The highest BCUT2D eigenvalue weighted by Crippen LogP contribution is 2.35. The molecule has 5 rings (SSSR count). The van der Waals surface area contributed by atoms with E-state index in [0.717, 1.165) is 68.4 Å². The molecule has 1 aliphatic carbocycles. The predicted molar refractivity (Wildman–Crippen MR) is 115 cm³/mol. The molecule has 29 heavy (non-hydrogen) atoms. The van der Waals surface area contributed by atoms with Gasteiger partial charge in [-0.2, -0.15) is 5.10 Å². The first kappa shape index (κ1) is 19.9. The second kappa shape index (κ2) is 8.52. The number of rotatable bonds is 4. The molecule has 3 aromatic heterocycles. The van der Waals surface area contributed by atoms with E-state index in [-0.39, 0.29) is 12.4 Å². The molecule has 154 valence electrons. The summed E-state index contributed by atoms with van der Waals surface area (Å²) < 4.78 is 7.26. The fourth-order valence-corrected chi connectivity index (χ4v) is 4.19. The third-order valence-corrected chi connectivity index (χ3v) is 5.73. The summed E-state index contributed by atoms with van der Waals surface area (Å²) in [6.45, 7) is 3.34. The molecule has 0 spiro atoms. The van der Waals surface area contributed by atoms with E-state index in [1.54, 1.807) is 6.33 Å². The fraction of sp³-hybridized carbons (Fsp3) is 0.450. The van der Waals surface area contributed by atoms with Crippen LogP contribution in [0, 0.1) is 0 Å². The van der Waals surface area contributed by atoms with Crippen LogP contribution in [0.25, 0.3) is 5.65 Å². The van der Waals surface area contributed by atoms with Crippen LogP contribution in [0.2, 0.25) is 0 Å². The number of morpholine rings is 1. The Labute approximate surface area is 175 Å². The average Bonchev–Trinajstić information content (AvgIpc) is 3.38. The van der Waals surface area contributed by atoms with Gasteiger partial charge in [-0.1, -0.05) is 0 Å². The van der Waals surface area contributed by atoms with Gasteiger partial charge in [0.2, 0.25) is 0 Å². The molecule has 2 fully saturated rings. The maximum atomic E-state index is 6.12. The molecule has 2 aliphatic rings. The van der Waals surface area contributed by atoms with Crippen LogP contribution in [0.5, 0.6) is 0 Å². The first-order valence-corrected chi connectivity index (χ1v) is 9.91. The summed E-state index contributed by atoms with van der Waals surface area (Å²) >= 11 is 0. The maximum Gasteiger partial charge on any atom is 0.178 e. The second-order valence-corrected chi connectivity index (χ2v) is 7.61. The number of nitrogens with zero attached hydrogens (tertiary/aromatic N) is 5. The topological polar surface area (TPSA) is 93.6 Å². The van der Waals surface area contributed by atoms with Crippen molar-refractivity contribution in [3.63, 3.8) is 0 Å². The van der Waals surface area contributed by atoms with Crippen LogP contribution in [0.4, 0.5) is 17.2 Å². The summed E-state index contributed by atoms with van der Waals surface area (Å²) in [4.78, 5) is 11.3. The Hall–Kier alpha value is -2.42. The summed E-state index contributed by atoms with van der Waals surface area (Å²) in [6, 6.07) is 6.57. The molecule has 1 saturated heterocycles. The lowest BCUT2D eigenvalue weighted by Crippen LogP contribution is -2.36. The molecule has 0 amide bonds. The van der Waals surface area contributed by atoms with Crippen LogP contribution in [-0.4, -0.2) is 51.9 Å². The van der Waals surface area contributed by atoms with Gasteiger partial charge in [0.05, 0.1) is 30.8 Å². The molecule has 3 N–H and O–H groups in total. The first-order valence-electron chi connectivity index (χ1n) is 9.91. The molecular formula is C20H26ClN7O. The molecule has 0 bridgehead atoms. The van der Waals surface area contributed by atoms with Gasteiger partial charge < -0.3 is 20.7 Å². The highest BCUT2D eigenvalue weighted by Gasteiger charge is 2.24. The SMILES string of the molecule is Cl.NC1CCC(c2cc(Nc3ccc(N4CCOCC4)cn3)c3ncnn3c2)C1. The number of anilines is 3. The highest BCUT2D eigenvalue weighted by atomic mass is 35.5. The van der Waals surface area contributed by atoms with Crippen molar-refractivity contribution in [3.05, 3.63) is 42.5 Å². The third-order valence-electron chi connectivity index (χ3n) is 5.73. The smallest absolute Gasteiger partial charge is 0.178 e. The van der Waals surface area contributed by atoms with Gasteiger partial charge in [0.25, 0.3) is 0 Å². The zero-order chi connectivity index (χ0) is 18.9. The zero-order valence-electron chi connectivity index (χ0n) is 16.2. The minimum atomic E-state index is 0. The van der Waals surface area contributed by atoms with Crippen molar-refractivity contribution in [1.82, 2.24) is 19.6 Å². The van der Waals surface area contributed by atoms with Crippen LogP contribution in [0.3, 0.4) is 0 Å². The van der Waals surface area contributed by atoms with Crippen LogP contribution in [-0.2, 0) is 4.74 Å². The van der Waals surface area contributed by atoms with Crippen LogP contribution < -0.4 is 16.0 Å². The minimum absolute atomic E-state index is 0. The molecule has 9 heteroatoms. The zero-order valence-corrected chi connectivity index (χ0v) is 17.0. The molecule has 3 aromatic rings. The minimum Gasteiger partial charge on any atom is -0.378 e. The Kier molecular flexibility index (Phi) is 5.84. The summed E-state index contributed by atoms with van der Waals surface area (Å²) in [5.74, 6) is 1.27. The van der Waals surface area contributed by atoms with Crippen molar-refractivity contribution < 1.29 is 4.74 Å². The van der Waals surface area contributed by atoms with E-state index in [0.29, 0.717) is 12.0 Å². The first-order chi connectivity index (χ1) is 13.8. The van der Waals surface area contributed by atoms with E-state index in [2.05, 4.69) is 43.6 Å². The van der Waals surface area contributed by atoms with Crippen molar-refractivity contribution in [2.75, 3.05) is 36.5 Å². The number of hydrogen-bond acceptors (Lipinski definition) is 7. The Morgan fingerprint density at radius 1 is 1.14 bits per heavy atom. The molecule has 1 aliphatic heterocycles. The quantitative estimate of drug-likeness (QED) is 0.676. The Bertz CT molecular complexity index is 955. The van der Waals surface area contributed by atoms with Gasteiger partial charge in [-0.05, 0) is 48.9 Å². The molecule has 2 unspecified atom stereocenters. The number of halogens is 1. The van der Waals surface area contributed by atoms with Crippen LogP contribution in [0.15, 0.2) is 36.9 Å². The van der Waals surface area contributed by atoms with Gasteiger partial charge in [-0.3, -0.25) is 0 Å². The van der Waals surface area contributed by atoms with E-state index in [1.165, 1.54) is 5.56 Å². The molecule has 8 nitrogen and oxygen atoms in total. The number of ether oxygens (including phenoxy) is 1. The number of nitrogens with one attached hydrogen (secondary N) is 1. The maximum absolute atomic E-state index is 6.12. The molecule has 0 radical (unpaired) electrons. The monoisotopic (exact) mass is 415 g/mol. The number of hydrogen-bond donors (Lipinski definition) is 2. The van der Waals surface area contributed by atoms with Crippen molar-refractivity contribution in [2.45, 2.75) is 31.2 Å². The average molecular weight is 416 g/mol. The summed E-state index contributed by atoms with van der Waals surface area (Å²) in [5, 5.41) is 7.77. The van der Waals surface area contributed by atoms with Crippen LogP contribution >= 0.6 is 12.4 Å². The van der Waals surface area contributed by atoms with Gasteiger partial charge in [0.1, 0.15) is 12.1 Å². The molecule has 2 atom stereocenters. The van der Waals surface area contributed by atoms with E-state index >= 15 is 0 Å². The number of nitrogens with two attached hydrogens (primary N) is 1. The molecule has 4 heterocycles. The molecule has 1 saturated carbocycles. The van der Waals surface area contributed by atoms with Gasteiger partial charge in [0.15, 0.2) is 5.65 Å². The molecular weight excluding hydrogens is 390 g/mol. The highest BCUT2D eigenvalue weighted by molar-refractivity contribution is 5.85. The van der Waals surface area contributed by atoms with Crippen molar-refractivity contribution >= 4 is 35.2 Å². The number of aromatic nitrogens is 4. The summed E-state index contributed by atoms with van der Waals surface area (Å²) in [7, 11) is 0. The lowest BCUT2D eigenvalue weighted by molar-refractivity contribution is 0.122. The van der Waals surface area contributed by atoms with Crippen LogP contribution in [0.1, 0.15) is 30.7 Å². The van der Waals surface area contributed by atoms with Crippen molar-refractivity contribution in [3.8, 4) is 0 Å². The second-order valence-electron chi connectivity index (χ2n) is 7.61. The lowest BCUT2D eigenvalue weighted by Gasteiger charge is -2.28. The molecule has 0 aromatic carbocycles. The third kappa shape index (κ3) is 4.14. The number of fused-ring (bicyclic) bond motifs is 1. The normalized spacial score (nSPS) is 21.9. The Morgan fingerprint density at radius 2 is 2.00 bits per heavy atom. The fourth-order valence-electron chi connectivity index (χ4n) is 4.19. The van der Waals surface area contributed by atoms with E-state index < -0.39 is 0 Å². The largest absolute Gasteiger partial charge is 0.378 e. The van der Waals surface area contributed by atoms with Gasteiger partial charge in [0, 0.05) is 25.3 Å². The lowest BCUT2D eigenvalue weighted by atomic mass is 9.99. The van der Waals surface area contributed by atoms with E-state index in [1.807, 2.05) is 16.8 Å². The van der Waals surface area contributed by atoms with Gasteiger partial charge >= 0.3 is 0 Å². The predicted octanol–water partition coefficient (Wildman–Crippen LogP) is 2.72.